The second-order valence-electron chi connectivity index (χ2n) is 5.33. The lowest BCUT2D eigenvalue weighted by molar-refractivity contribution is 0.268. The van der Waals surface area contributed by atoms with Crippen LogP contribution in [0.3, 0.4) is 0 Å². The van der Waals surface area contributed by atoms with E-state index in [2.05, 4.69) is 23.3 Å². The first-order valence-electron chi connectivity index (χ1n) is 6.84. The molecule has 1 aromatic rings. The van der Waals surface area contributed by atoms with E-state index in [1.165, 1.54) is 32.1 Å². The molecule has 0 atom stereocenters. The molecule has 2 rings (SSSR count). The van der Waals surface area contributed by atoms with Gasteiger partial charge < -0.3 is 5.32 Å². The Hall–Kier alpha value is -1.40. The highest BCUT2D eigenvalue weighted by atomic mass is 14.9. The lowest BCUT2D eigenvalue weighted by Crippen LogP contribution is -2.31. The Morgan fingerprint density at radius 3 is 2.89 bits per heavy atom. The highest BCUT2D eigenvalue weighted by molar-refractivity contribution is 5.25. The van der Waals surface area contributed by atoms with E-state index >= 15 is 0 Å². The fourth-order valence-electron chi connectivity index (χ4n) is 2.90. The van der Waals surface area contributed by atoms with E-state index in [0.717, 1.165) is 18.7 Å². The molecule has 0 aromatic carbocycles. The number of rotatable bonds is 5. The Labute approximate surface area is 109 Å². The summed E-state index contributed by atoms with van der Waals surface area (Å²) in [5, 5.41) is 12.4. The van der Waals surface area contributed by atoms with Crippen LogP contribution in [0.25, 0.3) is 0 Å². The minimum Gasteiger partial charge on any atom is -0.312 e. The fraction of sp³-hybridized carbons (Fsp3) is 0.600. The van der Waals surface area contributed by atoms with Crippen LogP contribution in [0.15, 0.2) is 18.3 Å². The molecule has 1 heterocycles. The van der Waals surface area contributed by atoms with Gasteiger partial charge >= 0.3 is 0 Å². The normalized spacial score (nSPS) is 17.6. The highest BCUT2D eigenvalue weighted by Gasteiger charge is 2.31. The van der Waals surface area contributed by atoms with Crippen molar-refractivity contribution in [3.05, 3.63) is 29.6 Å². The molecule has 3 heteroatoms. The summed E-state index contributed by atoms with van der Waals surface area (Å²) < 4.78 is 0. The van der Waals surface area contributed by atoms with E-state index in [0.29, 0.717) is 11.1 Å². The van der Waals surface area contributed by atoms with Crippen LogP contribution in [0.2, 0.25) is 0 Å². The summed E-state index contributed by atoms with van der Waals surface area (Å²) in [5.74, 6) is 0. The highest BCUT2D eigenvalue weighted by Crippen LogP contribution is 2.40. The lowest BCUT2D eigenvalue weighted by Gasteiger charge is -2.27. The van der Waals surface area contributed by atoms with Gasteiger partial charge in [-0.3, -0.25) is 0 Å². The molecule has 1 aliphatic carbocycles. The van der Waals surface area contributed by atoms with Crippen LogP contribution in [-0.2, 0) is 6.54 Å². The SMILES string of the molecule is CCC1(CNCc2ccnc(C#N)c2)CCCC1. The predicted octanol–water partition coefficient (Wildman–Crippen LogP) is 3.01. The second kappa shape index (κ2) is 5.97. The van der Waals surface area contributed by atoms with Crippen molar-refractivity contribution in [1.82, 2.24) is 10.3 Å². The molecule has 1 fully saturated rings. The third-order valence-corrected chi connectivity index (χ3v) is 4.18. The number of hydrogen-bond donors (Lipinski definition) is 1. The summed E-state index contributed by atoms with van der Waals surface area (Å²) in [5.41, 5.74) is 2.16. The van der Waals surface area contributed by atoms with Crippen LogP contribution < -0.4 is 5.32 Å². The second-order valence-corrected chi connectivity index (χ2v) is 5.33. The van der Waals surface area contributed by atoms with Crippen molar-refractivity contribution < 1.29 is 0 Å². The number of hydrogen-bond acceptors (Lipinski definition) is 3. The minimum atomic E-state index is 0.500. The number of nitriles is 1. The predicted molar refractivity (Wildman–Crippen MR) is 71.9 cm³/mol. The molecule has 0 radical (unpaired) electrons. The zero-order valence-corrected chi connectivity index (χ0v) is 11.1. The third-order valence-electron chi connectivity index (χ3n) is 4.18. The van der Waals surface area contributed by atoms with Gasteiger partial charge in [-0.15, -0.1) is 0 Å². The molecular formula is C15H21N3. The van der Waals surface area contributed by atoms with Gasteiger partial charge in [0.25, 0.3) is 0 Å². The Balaban J connectivity index is 1.86. The molecule has 0 aliphatic heterocycles. The van der Waals surface area contributed by atoms with Gasteiger partial charge in [-0.1, -0.05) is 19.8 Å². The monoisotopic (exact) mass is 243 g/mol. The molecule has 1 saturated carbocycles. The maximum absolute atomic E-state index is 8.81. The van der Waals surface area contributed by atoms with Gasteiger partial charge in [0.2, 0.25) is 0 Å². The molecule has 0 spiro atoms. The summed E-state index contributed by atoms with van der Waals surface area (Å²) in [4.78, 5) is 3.98. The zero-order chi connectivity index (χ0) is 12.8. The standard InChI is InChI=1S/C15H21N3/c1-2-15(6-3-4-7-15)12-17-11-13-5-8-18-14(9-13)10-16/h5,8-9,17H,2-4,6-7,11-12H2,1H3. The Morgan fingerprint density at radius 1 is 1.44 bits per heavy atom. The molecule has 18 heavy (non-hydrogen) atoms. The zero-order valence-electron chi connectivity index (χ0n) is 11.1. The molecule has 96 valence electrons. The van der Waals surface area contributed by atoms with Crippen molar-refractivity contribution >= 4 is 0 Å². The molecule has 1 N–H and O–H groups in total. The van der Waals surface area contributed by atoms with E-state index < -0.39 is 0 Å². The Bertz CT molecular complexity index is 428. The van der Waals surface area contributed by atoms with Crippen molar-refractivity contribution in [3.8, 4) is 6.07 Å². The van der Waals surface area contributed by atoms with Crippen molar-refractivity contribution in [1.29, 1.82) is 5.26 Å². The van der Waals surface area contributed by atoms with Crippen molar-refractivity contribution in [2.75, 3.05) is 6.54 Å². The van der Waals surface area contributed by atoms with Crippen LogP contribution in [0.4, 0.5) is 0 Å². The topological polar surface area (TPSA) is 48.7 Å². The van der Waals surface area contributed by atoms with E-state index in [9.17, 15) is 0 Å². The van der Waals surface area contributed by atoms with E-state index in [1.54, 1.807) is 6.20 Å². The smallest absolute Gasteiger partial charge is 0.140 e. The first-order chi connectivity index (χ1) is 8.78. The Morgan fingerprint density at radius 2 is 2.22 bits per heavy atom. The maximum atomic E-state index is 8.81. The average molecular weight is 243 g/mol. The fourth-order valence-corrected chi connectivity index (χ4v) is 2.90. The Kier molecular flexibility index (Phi) is 4.33. The van der Waals surface area contributed by atoms with Crippen molar-refractivity contribution in [2.24, 2.45) is 5.41 Å². The van der Waals surface area contributed by atoms with Gasteiger partial charge in [0.15, 0.2) is 0 Å². The summed E-state index contributed by atoms with van der Waals surface area (Å²) in [6, 6.07) is 5.91. The summed E-state index contributed by atoms with van der Waals surface area (Å²) in [7, 11) is 0. The third kappa shape index (κ3) is 3.08. The maximum Gasteiger partial charge on any atom is 0.140 e. The summed E-state index contributed by atoms with van der Waals surface area (Å²) in [6.45, 7) is 4.22. The van der Waals surface area contributed by atoms with Gasteiger partial charge in [-0.2, -0.15) is 5.26 Å². The van der Waals surface area contributed by atoms with Gasteiger partial charge in [0, 0.05) is 19.3 Å². The van der Waals surface area contributed by atoms with Gasteiger partial charge in [-0.25, -0.2) is 4.98 Å². The molecule has 1 aromatic heterocycles. The molecule has 0 saturated heterocycles. The molecule has 3 nitrogen and oxygen atoms in total. The van der Waals surface area contributed by atoms with Gasteiger partial charge in [0.05, 0.1) is 0 Å². The number of aromatic nitrogens is 1. The lowest BCUT2D eigenvalue weighted by atomic mass is 9.83. The largest absolute Gasteiger partial charge is 0.312 e. The van der Waals surface area contributed by atoms with E-state index in [1.807, 2.05) is 12.1 Å². The minimum absolute atomic E-state index is 0.500. The first kappa shape index (κ1) is 13.0. The first-order valence-corrected chi connectivity index (χ1v) is 6.84. The number of nitrogens with zero attached hydrogens (tertiary/aromatic N) is 2. The molecular weight excluding hydrogens is 222 g/mol. The van der Waals surface area contributed by atoms with Crippen LogP contribution in [0, 0.1) is 16.7 Å². The molecule has 0 amide bonds. The number of pyridine rings is 1. The van der Waals surface area contributed by atoms with Crippen LogP contribution in [0.5, 0.6) is 0 Å². The van der Waals surface area contributed by atoms with Crippen LogP contribution >= 0.6 is 0 Å². The molecule has 0 bridgehead atoms. The van der Waals surface area contributed by atoms with E-state index in [-0.39, 0.29) is 0 Å². The van der Waals surface area contributed by atoms with Crippen LogP contribution in [-0.4, -0.2) is 11.5 Å². The molecule has 0 unspecified atom stereocenters. The molecule has 1 aliphatic rings. The van der Waals surface area contributed by atoms with Crippen molar-refractivity contribution in [3.63, 3.8) is 0 Å². The average Bonchev–Trinajstić information content (AvgIpc) is 2.88. The van der Waals surface area contributed by atoms with Gasteiger partial charge in [-0.05, 0) is 42.4 Å². The summed E-state index contributed by atoms with van der Waals surface area (Å²) in [6.07, 6.45) is 8.44. The van der Waals surface area contributed by atoms with E-state index in [4.69, 9.17) is 5.26 Å². The quantitative estimate of drug-likeness (QED) is 0.864. The summed E-state index contributed by atoms with van der Waals surface area (Å²) >= 11 is 0. The van der Waals surface area contributed by atoms with Crippen molar-refractivity contribution in [2.45, 2.75) is 45.6 Å². The number of nitrogens with one attached hydrogen (secondary N) is 1. The van der Waals surface area contributed by atoms with Gasteiger partial charge in [0.1, 0.15) is 11.8 Å². The van der Waals surface area contributed by atoms with Crippen LogP contribution in [0.1, 0.15) is 50.3 Å².